The second-order valence-electron chi connectivity index (χ2n) is 2.82. The Balaban J connectivity index is 2.27. The van der Waals surface area contributed by atoms with E-state index >= 15 is 0 Å². The third kappa shape index (κ3) is 3.64. The predicted molar refractivity (Wildman–Crippen MR) is 58.9 cm³/mol. The van der Waals surface area contributed by atoms with Gasteiger partial charge in [-0.1, -0.05) is 6.92 Å². The van der Waals surface area contributed by atoms with Crippen LogP contribution in [0.2, 0.25) is 0 Å². The summed E-state index contributed by atoms with van der Waals surface area (Å²) in [6.45, 7) is 2.69. The molecule has 3 nitrogen and oxygen atoms in total. The van der Waals surface area contributed by atoms with Crippen LogP contribution in [0.5, 0.6) is 0 Å². The third-order valence-corrected chi connectivity index (χ3v) is 2.94. The minimum absolute atomic E-state index is 0.0259. The number of rotatable bonds is 5. The van der Waals surface area contributed by atoms with Crippen molar-refractivity contribution in [1.29, 1.82) is 0 Å². The summed E-state index contributed by atoms with van der Waals surface area (Å²) in [7, 11) is 0. The molecule has 1 heterocycles. The molecule has 0 aliphatic heterocycles. The molecule has 0 aliphatic carbocycles. The second-order valence-corrected chi connectivity index (χ2v) is 4.03. The van der Waals surface area contributed by atoms with Crippen molar-refractivity contribution in [2.24, 2.45) is 0 Å². The molecule has 0 aliphatic rings. The van der Waals surface area contributed by atoms with E-state index < -0.39 is 0 Å². The van der Waals surface area contributed by atoms with Crippen LogP contribution in [0, 0.1) is 0 Å². The average Bonchev–Trinajstić information content (AvgIpc) is 2.65. The molecule has 1 amide bonds. The Hall–Kier alpha value is -0.610. The molecule has 14 heavy (non-hydrogen) atoms. The van der Waals surface area contributed by atoms with E-state index in [2.05, 4.69) is 22.6 Å². The highest BCUT2D eigenvalue weighted by molar-refractivity contribution is 7.09. The molecule has 1 N–H and O–H groups in total. The Labute approximate surface area is 92.5 Å². The third-order valence-electron chi connectivity index (χ3n) is 1.74. The van der Waals surface area contributed by atoms with Gasteiger partial charge in [-0.25, -0.2) is 4.98 Å². The molecule has 0 saturated carbocycles. The van der Waals surface area contributed by atoms with Crippen LogP contribution >= 0.6 is 22.9 Å². The molecular formula is C9H13ClN2OS. The molecule has 0 atom stereocenters. The molecule has 0 radical (unpaired) electrons. The zero-order chi connectivity index (χ0) is 10.4. The van der Waals surface area contributed by atoms with Crippen molar-refractivity contribution in [3.63, 3.8) is 0 Å². The van der Waals surface area contributed by atoms with Gasteiger partial charge < -0.3 is 5.32 Å². The van der Waals surface area contributed by atoms with Gasteiger partial charge in [0.2, 0.25) is 5.91 Å². The van der Waals surface area contributed by atoms with E-state index in [0.717, 1.165) is 23.5 Å². The van der Waals surface area contributed by atoms with Crippen molar-refractivity contribution >= 4 is 28.8 Å². The zero-order valence-electron chi connectivity index (χ0n) is 8.05. The van der Waals surface area contributed by atoms with E-state index in [-0.39, 0.29) is 11.8 Å². The fraction of sp³-hybridized carbons (Fsp3) is 0.556. The highest BCUT2D eigenvalue weighted by Crippen LogP contribution is 2.10. The number of alkyl halides is 1. The maximum atomic E-state index is 10.8. The standard InChI is InChI=1S/C9H13ClN2OS/c1-2-7-6-14-9(12-7)3-4-11-8(13)5-10/h6H,2-5H2,1H3,(H,11,13). The quantitative estimate of drug-likeness (QED) is 0.784. The number of carbonyl (C=O) groups is 1. The maximum Gasteiger partial charge on any atom is 0.234 e. The monoisotopic (exact) mass is 232 g/mol. The summed E-state index contributed by atoms with van der Waals surface area (Å²) >= 11 is 6.97. The lowest BCUT2D eigenvalue weighted by atomic mass is 10.4. The van der Waals surface area contributed by atoms with Gasteiger partial charge in [0.05, 0.1) is 10.7 Å². The fourth-order valence-electron chi connectivity index (χ4n) is 0.982. The molecule has 1 aromatic heterocycles. The fourth-order valence-corrected chi connectivity index (χ4v) is 1.96. The number of thiazole rings is 1. The number of hydrogen-bond donors (Lipinski definition) is 1. The number of nitrogens with one attached hydrogen (secondary N) is 1. The molecule has 5 heteroatoms. The minimum Gasteiger partial charge on any atom is -0.355 e. The normalized spacial score (nSPS) is 10.1. The topological polar surface area (TPSA) is 42.0 Å². The van der Waals surface area contributed by atoms with Crippen LogP contribution in [0.25, 0.3) is 0 Å². The predicted octanol–water partition coefficient (Wildman–Crippen LogP) is 1.60. The van der Waals surface area contributed by atoms with E-state index in [1.165, 1.54) is 0 Å². The molecule has 0 bridgehead atoms. The number of halogens is 1. The average molecular weight is 233 g/mol. The number of aryl methyl sites for hydroxylation is 1. The van der Waals surface area contributed by atoms with Crippen molar-refractivity contribution in [1.82, 2.24) is 10.3 Å². The summed E-state index contributed by atoms with van der Waals surface area (Å²) in [4.78, 5) is 15.2. The van der Waals surface area contributed by atoms with E-state index in [1.54, 1.807) is 11.3 Å². The second kappa shape index (κ2) is 5.98. The molecule has 0 saturated heterocycles. The first-order valence-electron chi connectivity index (χ1n) is 4.52. The van der Waals surface area contributed by atoms with Crippen molar-refractivity contribution in [2.45, 2.75) is 19.8 Å². The van der Waals surface area contributed by atoms with Crippen molar-refractivity contribution in [3.05, 3.63) is 16.1 Å². The zero-order valence-corrected chi connectivity index (χ0v) is 9.62. The lowest BCUT2D eigenvalue weighted by Gasteiger charge is -1.99. The van der Waals surface area contributed by atoms with Crippen molar-refractivity contribution < 1.29 is 4.79 Å². The van der Waals surface area contributed by atoms with Gasteiger partial charge in [-0.05, 0) is 6.42 Å². The van der Waals surface area contributed by atoms with Crippen LogP contribution in [0.1, 0.15) is 17.6 Å². The summed E-state index contributed by atoms with van der Waals surface area (Å²) in [6, 6.07) is 0. The number of nitrogens with zero attached hydrogens (tertiary/aromatic N) is 1. The number of aromatic nitrogens is 1. The smallest absolute Gasteiger partial charge is 0.234 e. The molecule has 0 aromatic carbocycles. The molecule has 1 rings (SSSR count). The maximum absolute atomic E-state index is 10.8. The lowest BCUT2D eigenvalue weighted by molar-refractivity contribution is -0.118. The Bertz CT molecular complexity index is 301. The van der Waals surface area contributed by atoms with Crippen molar-refractivity contribution in [2.75, 3.05) is 12.4 Å². The van der Waals surface area contributed by atoms with Crippen LogP contribution in [-0.2, 0) is 17.6 Å². The summed E-state index contributed by atoms with van der Waals surface area (Å²) in [6.07, 6.45) is 1.75. The van der Waals surface area contributed by atoms with Crippen LogP contribution in [0.3, 0.4) is 0 Å². The summed E-state index contributed by atoms with van der Waals surface area (Å²) in [5, 5.41) is 5.82. The number of carbonyl (C=O) groups excluding carboxylic acids is 1. The van der Waals surface area contributed by atoms with Crippen molar-refractivity contribution in [3.8, 4) is 0 Å². The van der Waals surface area contributed by atoms with Gasteiger partial charge >= 0.3 is 0 Å². The highest BCUT2D eigenvalue weighted by Gasteiger charge is 2.01. The SMILES string of the molecule is CCc1csc(CCNC(=O)CCl)n1. The van der Waals surface area contributed by atoms with Crippen LogP contribution in [-0.4, -0.2) is 23.3 Å². The first-order chi connectivity index (χ1) is 6.76. The molecule has 0 spiro atoms. The van der Waals surface area contributed by atoms with Gasteiger partial charge in [0, 0.05) is 18.3 Å². The van der Waals surface area contributed by atoms with Gasteiger partial charge in [-0.2, -0.15) is 0 Å². The summed E-state index contributed by atoms with van der Waals surface area (Å²) < 4.78 is 0. The molecule has 0 unspecified atom stereocenters. The van der Waals surface area contributed by atoms with Gasteiger partial charge in [0.15, 0.2) is 0 Å². The summed E-state index contributed by atoms with van der Waals surface area (Å²) in [5.41, 5.74) is 1.12. The lowest BCUT2D eigenvalue weighted by Crippen LogP contribution is -2.26. The Kier molecular flexibility index (Phi) is 4.90. The first-order valence-corrected chi connectivity index (χ1v) is 5.93. The van der Waals surface area contributed by atoms with Gasteiger partial charge in [0.1, 0.15) is 5.88 Å². The molecule has 1 aromatic rings. The van der Waals surface area contributed by atoms with Gasteiger partial charge in [-0.15, -0.1) is 22.9 Å². The Morgan fingerprint density at radius 3 is 3.07 bits per heavy atom. The molecule has 0 fully saturated rings. The Morgan fingerprint density at radius 2 is 2.50 bits per heavy atom. The molecule has 78 valence electrons. The number of amides is 1. The van der Waals surface area contributed by atoms with Crippen LogP contribution < -0.4 is 5.32 Å². The first kappa shape index (κ1) is 11.5. The van der Waals surface area contributed by atoms with E-state index in [9.17, 15) is 4.79 Å². The number of hydrogen-bond acceptors (Lipinski definition) is 3. The van der Waals surface area contributed by atoms with E-state index in [1.807, 2.05) is 0 Å². The van der Waals surface area contributed by atoms with Gasteiger partial charge in [0.25, 0.3) is 0 Å². The Morgan fingerprint density at radius 1 is 1.71 bits per heavy atom. The minimum atomic E-state index is -0.126. The van der Waals surface area contributed by atoms with Gasteiger partial charge in [-0.3, -0.25) is 4.79 Å². The van der Waals surface area contributed by atoms with Crippen LogP contribution in [0.4, 0.5) is 0 Å². The summed E-state index contributed by atoms with van der Waals surface area (Å²) in [5.74, 6) is -0.100. The largest absolute Gasteiger partial charge is 0.355 e. The molecular weight excluding hydrogens is 220 g/mol. The van der Waals surface area contributed by atoms with Crippen LogP contribution in [0.15, 0.2) is 5.38 Å². The van der Waals surface area contributed by atoms with E-state index in [4.69, 9.17) is 11.6 Å². The highest BCUT2D eigenvalue weighted by atomic mass is 35.5. The van der Waals surface area contributed by atoms with E-state index in [0.29, 0.717) is 6.54 Å².